The Hall–Kier alpha value is -2.23. The second-order valence-electron chi connectivity index (χ2n) is 5.56. The molecule has 146 valence electrons. The quantitative estimate of drug-likeness (QED) is 0.316. The van der Waals surface area contributed by atoms with E-state index >= 15 is 0 Å². The number of benzene rings is 2. The fraction of sp³-hybridized carbons (Fsp3) is 0.105. The van der Waals surface area contributed by atoms with Crippen molar-refractivity contribution in [3.63, 3.8) is 0 Å². The largest absolute Gasteiger partial charge is 0.497 e. The fourth-order valence-electron chi connectivity index (χ4n) is 2.17. The van der Waals surface area contributed by atoms with Crippen LogP contribution in [0.5, 0.6) is 5.75 Å². The zero-order valence-corrected chi connectivity index (χ0v) is 18.8. The normalized spacial score (nSPS) is 10.4. The summed E-state index contributed by atoms with van der Waals surface area (Å²) in [5.74, 6) is -0.0553. The number of rotatable bonds is 5. The maximum absolute atomic E-state index is 12.0. The maximum atomic E-state index is 12.0. The summed E-state index contributed by atoms with van der Waals surface area (Å²) in [6.45, 7) is 0. The molecule has 0 bridgehead atoms. The predicted octanol–water partition coefficient (Wildman–Crippen LogP) is 3.50. The van der Waals surface area contributed by atoms with Gasteiger partial charge in [-0.15, -0.1) is 0 Å². The smallest absolute Gasteiger partial charge is 0.250 e. The molecule has 0 saturated carbocycles. The molecule has 0 heterocycles. The number of halogens is 2. The van der Waals surface area contributed by atoms with Gasteiger partial charge < -0.3 is 4.74 Å². The number of carbonyl (C=O) groups is 2. The molecule has 0 radical (unpaired) electrons. The number of nitrogens with one attached hydrogen (secondary N) is 3. The van der Waals surface area contributed by atoms with Crippen molar-refractivity contribution in [3.8, 4) is 5.75 Å². The molecule has 0 aliphatic heterocycles. The van der Waals surface area contributed by atoms with E-state index in [0.29, 0.717) is 5.75 Å². The molecule has 0 fully saturated rings. The summed E-state index contributed by atoms with van der Waals surface area (Å²) in [6, 6.07) is 12.8. The third kappa shape index (κ3) is 7.79. The number of carbonyl (C=O) groups excluding carboxylic acids is 2. The lowest BCUT2D eigenvalue weighted by Gasteiger charge is -2.10. The van der Waals surface area contributed by atoms with Gasteiger partial charge in [0.25, 0.3) is 0 Å². The Morgan fingerprint density at radius 2 is 1.82 bits per heavy atom. The molecule has 0 aliphatic carbocycles. The Morgan fingerprint density at radius 1 is 1.11 bits per heavy atom. The predicted molar refractivity (Wildman–Crippen MR) is 120 cm³/mol. The first-order valence-corrected chi connectivity index (χ1v) is 10.0. The van der Waals surface area contributed by atoms with Crippen LogP contribution >= 0.6 is 44.1 Å². The number of hydrogen-bond donors (Lipinski definition) is 3. The van der Waals surface area contributed by atoms with Gasteiger partial charge in [-0.05, 0) is 59.8 Å². The zero-order chi connectivity index (χ0) is 20.5. The molecule has 3 N–H and O–H groups in total. The van der Waals surface area contributed by atoms with Crippen LogP contribution in [0.2, 0.25) is 0 Å². The second kappa shape index (κ2) is 10.9. The molecule has 2 aromatic carbocycles. The summed E-state index contributed by atoms with van der Waals surface area (Å²) in [6.07, 6.45) is 3.13. The van der Waals surface area contributed by atoms with E-state index in [2.05, 4.69) is 48.0 Å². The summed E-state index contributed by atoms with van der Waals surface area (Å²) in [7, 11) is 1.56. The molecule has 0 aliphatic rings. The molecule has 0 atom stereocenters. The molecular weight excluding hydrogens is 510 g/mol. The molecule has 28 heavy (non-hydrogen) atoms. The van der Waals surface area contributed by atoms with Gasteiger partial charge in [-0.25, -0.2) is 0 Å². The van der Waals surface area contributed by atoms with E-state index < -0.39 is 5.91 Å². The van der Waals surface area contributed by atoms with Crippen molar-refractivity contribution in [2.45, 2.75) is 6.42 Å². The highest BCUT2D eigenvalue weighted by molar-refractivity contribution is 9.11. The standard InChI is InChI=1S/C19H17Br2N3O3S/c1-27-16-4-2-3-12(9-16)10-18(26)23-24-19(28)22-17(25)6-5-13-7-14(20)11-15(21)8-13/h2-9,11H,10H2,1H3,(H,23,26)(H2,22,24,25,28). The minimum Gasteiger partial charge on any atom is -0.497 e. The van der Waals surface area contributed by atoms with E-state index in [-0.39, 0.29) is 17.4 Å². The summed E-state index contributed by atoms with van der Waals surface area (Å²) >= 11 is 11.8. The summed E-state index contributed by atoms with van der Waals surface area (Å²) in [5.41, 5.74) is 6.56. The van der Waals surface area contributed by atoms with Crippen molar-refractivity contribution < 1.29 is 14.3 Å². The molecule has 6 nitrogen and oxygen atoms in total. The third-order valence-electron chi connectivity index (χ3n) is 3.36. The minimum absolute atomic E-state index is 0.0101. The number of amides is 2. The Labute approximate surface area is 185 Å². The van der Waals surface area contributed by atoms with E-state index in [1.165, 1.54) is 6.08 Å². The van der Waals surface area contributed by atoms with Gasteiger partial charge in [-0.1, -0.05) is 44.0 Å². The number of methoxy groups -OCH3 is 1. The average molecular weight is 527 g/mol. The van der Waals surface area contributed by atoms with E-state index in [0.717, 1.165) is 20.1 Å². The van der Waals surface area contributed by atoms with Gasteiger partial charge in [-0.2, -0.15) is 0 Å². The third-order valence-corrected chi connectivity index (χ3v) is 4.48. The van der Waals surface area contributed by atoms with Gasteiger partial charge in [0.05, 0.1) is 13.5 Å². The van der Waals surface area contributed by atoms with Crippen molar-refractivity contribution in [2.75, 3.05) is 7.11 Å². The van der Waals surface area contributed by atoms with E-state index in [1.54, 1.807) is 31.4 Å². The number of thiocarbonyl (C=S) groups is 1. The molecule has 9 heteroatoms. The van der Waals surface area contributed by atoms with Gasteiger partial charge in [0.2, 0.25) is 11.8 Å². The maximum Gasteiger partial charge on any atom is 0.250 e. The van der Waals surface area contributed by atoms with Crippen molar-refractivity contribution in [1.82, 2.24) is 16.2 Å². The van der Waals surface area contributed by atoms with Crippen molar-refractivity contribution in [2.24, 2.45) is 0 Å². The van der Waals surface area contributed by atoms with Gasteiger partial charge in [0.1, 0.15) is 5.75 Å². The zero-order valence-electron chi connectivity index (χ0n) is 14.8. The van der Waals surface area contributed by atoms with Crippen LogP contribution in [-0.2, 0) is 16.0 Å². The van der Waals surface area contributed by atoms with Crippen LogP contribution in [0.1, 0.15) is 11.1 Å². The average Bonchev–Trinajstić information content (AvgIpc) is 2.64. The van der Waals surface area contributed by atoms with Crippen LogP contribution in [0.4, 0.5) is 0 Å². The molecule has 0 saturated heterocycles. The van der Waals surface area contributed by atoms with Crippen LogP contribution in [0.3, 0.4) is 0 Å². The fourth-order valence-corrected chi connectivity index (χ4v) is 3.65. The lowest BCUT2D eigenvalue weighted by Crippen LogP contribution is -2.48. The van der Waals surface area contributed by atoms with Crippen molar-refractivity contribution in [3.05, 3.63) is 68.6 Å². The monoisotopic (exact) mass is 525 g/mol. The second-order valence-corrected chi connectivity index (χ2v) is 7.80. The first-order valence-electron chi connectivity index (χ1n) is 8.02. The first-order chi connectivity index (χ1) is 13.4. The molecule has 2 aromatic rings. The molecule has 0 unspecified atom stereocenters. The number of hydrazine groups is 1. The molecule has 0 spiro atoms. The van der Waals surface area contributed by atoms with E-state index in [1.807, 2.05) is 24.3 Å². The molecule has 2 rings (SSSR count). The minimum atomic E-state index is -0.421. The lowest BCUT2D eigenvalue weighted by atomic mass is 10.1. The highest BCUT2D eigenvalue weighted by atomic mass is 79.9. The highest BCUT2D eigenvalue weighted by Gasteiger charge is 2.06. The van der Waals surface area contributed by atoms with Gasteiger partial charge in [0, 0.05) is 15.0 Å². The Kier molecular flexibility index (Phi) is 8.62. The summed E-state index contributed by atoms with van der Waals surface area (Å²) in [5, 5.41) is 2.44. The van der Waals surface area contributed by atoms with Gasteiger partial charge in [0.15, 0.2) is 5.11 Å². The van der Waals surface area contributed by atoms with Crippen LogP contribution in [0, 0.1) is 0 Å². The van der Waals surface area contributed by atoms with Gasteiger partial charge >= 0.3 is 0 Å². The van der Waals surface area contributed by atoms with E-state index in [4.69, 9.17) is 17.0 Å². The van der Waals surface area contributed by atoms with Gasteiger partial charge in [-0.3, -0.25) is 25.8 Å². The molecule has 0 aromatic heterocycles. The lowest BCUT2D eigenvalue weighted by molar-refractivity contribution is -0.121. The Bertz CT molecular complexity index is 899. The summed E-state index contributed by atoms with van der Waals surface area (Å²) in [4.78, 5) is 23.9. The molecule has 2 amide bonds. The van der Waals surface area contributed by atoms with Crippen LogP contribution in [-0.4, -0.2) is 24.0 Å². The van der Waals surface area contributed by atoms with Crippen molar-refractivity contribution in [1.29, 1.82) is 0 Å². The van der Waals surface area contributed by atoms with Crippen LogP contribution in [0.25, 0.3) is 6.08 Å². The van der Waals surface area contributed by atoms with Crippen LogP contribution < -0.4 is 20.9 Å². The van der Waals surface area contributed by atoms with Crippen LogP contribution in [0.15, 0.2) is 57.5 Å². The highest BCUT2D eigenvalue weighted by Crippen LogP contribution is 2.20. The van der Waals surface area contributed by atoms with E-state index in [9.17, 15) is 9.59 Å². The Morgan fingerprint density at radius 3 is 2.50 bits per heavy atom. The Balaban J connectivity index is 1.78. The number of hydrogen-bond acceptors (Lipinski definition) is 4. The topological polar surface area (TPSA) is 79.5 Å². The first kappa shape index (κ1) is 22.1. The SMILES string of the molecule is COc1cccc(CC(=O)NNC(=S)NC(=O)C=Cc2cc(Br)cc(Br)c2)c1. The number of ether oxygens (including phenoxy) is 1. The van der Waals surface area contributed by atoms with Crippen molar-refractivity contribution >= 4 is 67.1 Å². The molecular formula is C19H17Br2N3O3S. The summed E-state index contributed by atoms with van der Waals surface area (Å²) < 4.78 is 6.89.